The number of aliphatic hydroxyl groups is 1. The molecular formula is C15H13ClFNO2. The van der Waals surface area contributed by atoms with Crippen molar-refractivity contribution in [3.05, 3.63) is 70.5 Å². The van der Waals surface area contributed by atoms with E-state index in [-0.39, 0.29) is 12.5 Å². The minimum atomic E-state index is -0.823. The van der Waals surface area contributed by atoms with Gasteiger partial charge in [-0.25, -0.2) is 4.39 Å². The number of nitrogens with one attached hydrogen (secondary N) is 1. The number of hydrogen-bond donors (Lipinski definition) is 2. The molecule has 0 bridgehead atoms. The molecule has 5 heteroatoms. The smallest absolute Gasteiger partial charge is 0.251 e. The fraction of sp³-hybridized carbons (Fsp3) is 0.133. The lowest BCUT2D eigenvalue weighted by Gasteiger charge is -2.12. The van der Waals surface area contributed by atoms with Crippen molar-refractivity contribution < 1.29 is 14.3 Å². The van der Waals surface area contributed by atoms with E-state index >= 15 is 0 Å². The standard InChI is InChI=1S/C15H13ClFNO2/c16-12-5-1-10(2-6-12)14(19)9-18-15(20)11-3-7-13(17)8-4-11/h1-8,14,19H,9H2,(H,18,20). The average Bonchev–Trinajstić information content (AvgIpc) is 2.46. The van der Waals surface area contributed by atoms with Gasteiger partial charge in [0.15, 0.2) is 0 Å². The molecule has 0 aliphatic heterocycles. The monoisotopic (exact) mass is 293 g/mol. The molecule has 0 saturated carbocycles. The van der Waals surface area contributed by atoms with Crippen LogP contribution in [0.25, 0.3) is 0 Å². The van der Waals surface area contributed by atoms with Crippen molar-refractivity contribution in [1.29, 1.82) is 0 Å². The van der Waals surface area contributed by atoms with Crippen LogP contribution in [0.4, 0.5) is 4.39 Å². The second-order valence-corrected chi connectivity index (χ2v) is 4.72. The maximum Gasteiger partial charge on any atom is 0.251 e. The van der Waals surface area contributed by atoms with E-state index in [1.165, 1.54) is 24.3 Å². The van der Waals surface area contributed by atoms with Gasteiger partial charge in [-0.2, -0.15) is 0 Å². The Morgan fingerprint density at radius 2 is 1.75 bits per heavy atom. The lowest BCUT2D eigenvalue weighted by atomic mass is 10.1. The van der Waals surface area contributed by atoms with Gasteiger partial charge in [-0.15, -0.1) is 0 Å². The molecule has 0 heterocycles. The van der Waals surface area contributed by atoms with E-state index in [0.717, 1.165) is 0 Å². The maximum absolute atomic E-state index is 12.7. The van der Waals surface area contributed by atoms with E-state index in [9.17, 15) is 14.3 Å². The number of aliphatic hydroxyl groups excluding tert-OH is 1. The Kier molecular flexibility index (Phi) is 4.71. The van der Waals surface area contributed by atoms with Gasteiger partial charge >= 0.3 is 0 Å². The summed E-state index contributed by atoms with van der Waals surface area (Å²) in [4.78, 5) is 11.8. The number of carbonyl (C=O) groups excluding carboxylic acids is 1. The van der Waals surface area contributed by atoms with Crippen molar-refractivity contribution in [2.75, 3.05) is 6.54 Å². The van der Waals surface area contributed by atoms with Crippen molar-refractivity contribution in [2.24, 2.45) is 0 Å². The summed E-state index contributed by atoms with van der Waals surface area (Å²) in [5, 5.41) is 13.1. The molecule has 0 aliphatic carbocycles. The molecule has 20 heavy (non-hydrogen) atoms. The second kappa shape index (κ2) is 6.50. The summed E-state index contributed by atoms with van der Waals surface area (Å²) >= 11 is 5.75. The Balaban J connectivity index is 1.92. The number of amides is 1. The van der Waals surface area contributed by atoms with E-state index in [4.69, 9.17) is 11.6 Å². The normalized spacial score (nSPS) is 11.9. The Hall–Kier alpha value is -1.91. The summed E-state index contributed by atoms with van der Waals surface area (Å²) in [6.45, 7) is 0.0673. The highest BCUT2D eigenvalue weighted by Crippen LogP contribution is 2.15. The molecule has 2 N–H and O–H groups in total. The second-order valence-electron chi connectivity index (χ2n) is 4.28. The Bertz CT molecular complexity index is 584. The quantitative estimate of drug-likeness (QED) is 0.910. The SMILES string of the molecule is O=C(NCC(O)c1ccc(Cl)cc1)c1ccc(F)cc1. The van der Waals surface area contributed by atoms with Gasteiger partial charge in [0.2, 0.25) is 0 Å². The molecular weight excluding hydrogens is 281 g/mol. The molecule has 3 nitrogen and oxygen atoms in total. The third-order valence-electron chi connectivity index (χ3n) is 2.82. The summed E-state index contributed by atoms with van der Waals surface area (Å²) in [6, 6.07) is 11.9. The molecule has 0 saturated heterocycles. The minimum Gasteiger partial charge on any atom is -0.387 e. The van der Waals surface area contributed by atoms with Crippen molar-refractivity contribution in [2.45, 2.75) is 6.10 Å². The number of rotatable bonds is 4. The zero-order chi connectivity index (χ0) is 14.5. The number of halogens is 2. The maximum atomic E-state index is 12.7. The number of benzene rings is 2. The van der Waals surface area contributed by atoms with E-state index < -0.39 is 11.9 Å². The lowest BCUT2D eigenvalue weighted by Crippen LogP contribution is -2.28. The van der Waals surface area contributed by atoms with Crippen LogP contribution in [0.2, 0.25) is 5.02 Å². The van der Waals surface area contributed by atoms with Crippen LogP contribution in [0.1, 0.15) is 22.0 Å². The molecule has 2 aromatic carbocycles. The van der Waals surface area contributed by atoms with Crippen LogP contribution in [0.5, 0.6) is 0 Å². The van der Waals surface area contributed by atoms with Gasteiger partial charge in [0.05, 0.1) is 6.10 Å². The Morgan fingerprint density at radius 1 is 1.15 bits per heavy atom. The third kappa shape index (κ3) is 3.79. The van der Waals surface area contributed by atoms with Crippen molar-refractivity contribution in [1.82, 2.24) is 5.32 Å². The average molecular weight is 294 g/mol. The van der Waals surface area contributed by atoms with Crippen LogP contribution < -0.4 is 5.32 Å². The Labute approximate surface area is 121 Å². The van der Waals surface area contributed by atoms with Crippen LogP contribution in [-0.2, 0) is 0 Å². The highest BCUT2D eigenvalue weighted by molar-refractivity contribution is 6.30. The fourth-order valence-electron chi connectivity index (χ4n) is 1.70. The first kappa shape index (κ1) is 14.5. The van der Waals surface area contributed by atoms with Gasteiger partial charge in [0.25, 0.3) is 5.91 Å². The van der Waals surface area contributed by atoms with E-state index in [1.807, 2.05) is 0 Å². The first-order chi connectivity index (χ1) is 9.56. The highest BCUT2D eigenvalue weighted by atomic mass is 35.5. The van der Waals surface area contributed by atoms with Gasteiger partial charge in [-0.05, 0) is 42.0 Å². The molecule has 0 spiro atoms. The molecule has 1 unspecified atom stereocenters. The van der Waals surface area contributed by atoms with Gasteiger partial charge in [0, 0.05) is 17.1 Å². The topological polar surface area (TPSA) is 49.3 Å². The molecule has 2 rings (SSSR count). The Morgan fingerprint density at radius 3 is 2.35 bits per heavy atom. The molecule has 104 valence electrons. The fourth-order valence-corrected chi connectivity index (χ4v) is 1.82. The summed E-state index contributed by atoms with van der Waals surface area (Å²) in [6.07, 6.45) is -0.823. The van der Waals surface area contributed by atoms with Crippen molar-refractivity contribution >= 4 is 17.5 Å². The summed E-state index contributed by atoms with van der Waals surface area (Å²) in [5.41, 5.74) is 1.00. The predicted molar refractivity (Wildman–Crippen MR) is 75.1 cm³/mol. The van der Waals surface area contributed by atoms with Crippen molar-refractivity contribution in [3.8, 4) is 0 Å². The molecule has 0 aromatic heterocycles. The van der Waals surface area contributed by atoms with E-state index in [1.54, 1.807) is 24.3 Å². The molecule has 0 aliphatic rings. The molecule has 1 amide bonds. The summed E-state index contributed by atoms with van der Waals surface area (Å²) < 4.78 is 12.7. The first-order valence-electron chi connectivity index (χ1n) is 6.03. The highest BCUT2D eigenvalue weighted by Gasteiger charge is 2.10. The van der Waals surface area contributed by atoms with Crippen LogP contribution in [0.15, 0.2) is 48.5 Å². The van der Waals surface area contributed by atoms with Crippen LogP contribution in [0, 0.1) is 5.82 Å². The third-order valence-corrected chi connectivity index (χ3v) is 3.07. The first-order valence-corrected chi connectivity index (χ1v) is 6.41. The largest absolute Gasteiger partial charge is 0.387 e. The predicted octanol–water partition coefficient (Wildman–Crippen LogP) is 2.94. The van der Waals surface area contributed by atoms with Gasteiger partial charge in [0.1, 0.15) is 5.82 Å². The zero-order valence-electron chi connectivity index (χ0n) is 10.5. The van der Waals surface area contributed by atoms with E-state index in [2.05, 4.69) is 5.32 Å². The molecule has 2 aromatic rings. The van der Waals surface area contributed by atoms with Gasteiger partial charge in [-0.1, -0.05) is 23.7 Å². The number of carbonyl (C=O) groups is 1. The van der Waals surface area contributed by atoms with Gasteiger partial charge in [-0.3, -0.25) is 4.79 Å². The van der Waals surface area contributed by atoms with Crippen LogP contribution in [0.3, 0.4) is 0 Å². The molecule has 0 fully saturated rings. The van der Waals surface area contributed by atoms with E-state index in [0.29, 0.717) is 16.1 Å². The summed E-state index contributed by atoms with van der Waals surface area (Å²) in [5.74, 6) is -0.763. The lowest BCUT2D eigenvalue weighted by molar-refractivity contribution is 0.0916. The van der Waals surface area contributed by atoms with Crippen LogP contribution in [-0.4, -0.2) is 17.6 Å². The molecule has 0 radical (unpaired) electrons. The number of hydrogen-bond acceptors (Lipinski definition) is 2. The van der Waals surface area contributed by atoms with Crippen molar-refractivity contribution in [3.63, 3.8) is 0 Å². The molecule has 1 atom stereocenters. The van der Waals surface area contributed by atoms with Gasteiger partial charge < -0.3 is 10.4 Å². The minimum absolute atomic E-state index is 0.0673. The van der Waals surface area contributed by atoms with Crippen LogP contribution >= 0.6 is 11.6 Å². The zero-order valence-corrected chi connectivity index (χ0v) is 11.3. The summed E-state index contributed by atoms with van der Waals surface area (Å²) in [7, 11) is 0.